The van der Waals surface area contributed by atoms with Crippen LogP contribution in [0.25, 0.3) is 0 Å². The first-order valence-electron chi connectivity index (χ1n) is 9.02. The molecule has 0 aromatic carbocycles. The lowest BCUT2D eigenvalue weighted by atomic mass is 10.1. The van der Waals surface area contributed by atoms with Crippen LogP contribution < -0.4 is 0 Å². The van der Waals surface area contributed by atoms with Crippen molar-refractivity contribution in [1.29, 1.82) is 0 Å². The fourth-order valence-corrected chi connectivity index (χ4v) is 3.60. The molecule has 0 bridgehead atoms. The van der Waals surface area contributed by atoms with Crippen molar-refractivity contribution in [1.82, 2.24) is 14.7 Å². The number of aliphatic hydroxyl groups is 1. The molecule has 2 heterocycles. The third-order valence-corrected chi connectivity index (χ3v) is 5.02. The minimum Gasteiger partial charge on any atom is -0.393 e. The van der Waals surface area contributed by atoms with Crippen molar-refractivity contribution >= 4 is 0 Å². The third-order valence-electron chi connectivity index (χ3n) is 5.02. The number of ether oxygens (including phenoxy) is 1. The van der Waals surface area contributed by atoms with Gasteiger partial charge < -0.3 is 14.7 Å². The summed E-state index contributed by atoms with van der Waals surface area (Å²) in [5.41, 5.74) is 0. The molecule has 130 valence electrons. The summed E-state index contributed by atoms with van der Waals surface area (Å²) in [6.45, 7) is 16.2. The largest absolute Gasteiger partial charge is 0.393 e. The SMILES string of the molecule is CC(C)N1CCN(CCCN2CCOC[C@@H]2C[C@@H](C)O)CC1. The van der Waals surface area contributed by atoms with Gasteiger partial charge in [0.25, 0.3) is 0 Å². The Kier molecular flexibility index (Phi) is 7.57. The Labute approximate surface area is 136 Å². The van der Waals surface area contributed by atoms with E-state index in [4.69, 9.17) is 4.74 Å². The molecule has 0 amide bonds. The minimum atomic E-state index is -0.238. The van der Waals surface area contributed by atoms with Gasteiger partial charge in [-0.3, -0.25) is 9.80 Å². The zero-order valence-corrected chi connectivity index (χ0v) is 14.7. The van der Waals surface area contributed by atoms with E-state index in [-0.39, 0.29) is 6.10 Å². The van der Waals surface area contributed by atoms with Crippen molar-refractivity contribution < 1.29 is 9.84 Å². The normalized spacial score (nSPS) is 27.4. The van der Waals surface area contributed by atoms with Crippen LogP contribution in [0.1, 0.15) is 33.6 Å². The Morgan fingerprint density at radius 3 is 2.41 bits per heavy atom. The topological polar surface area (TPSA) is 39.2 Å². The highest BCUT2D eigenvalue weighted by Crippen LogP contribution is 2.14. The van der Waals surface area contributed by atoms with E-state index in [0.717, 1.165) is 32.7 Å². The molecule has 0 spiro atoms. The summed E-state index contributed by atoms with van der Waals surface area (Å²) in [7, 11) is 0. The molecule has 5 nitrogen and oxygen atoms in total. The van der Waals surface area contributed by atoms with E-state index in [0.29, 0.717) is 12.1 Å². The highest BCUT2D eigenvalue weighted by Gasteiger charge is 2.24. The van der Waals surface area contributed by atoms with Gasteiger partial charge in [-0.25, -0.2) is 0 Å². The molecule has 0 aromatic heterocycles. The average molecular weight is 313 g/mol. The monoisotopic (exact) mass is 313 g/mol. The number of morpholine rings is 1. The van der Waals surface area contributed by atoms with E-state index in [2.05, 4.69) is 28.5 Å². The lowest BCUT2D eigenvalue weighted by molar-refractivity contribution is -0.0253. The van der Waals surface area contributed by atoms with Crippen molar-refractivity contribution in [2.75, 3.05) is 59.0 Å². The Bertz CT molecular complexity index is 304. The van der Waals surface area contributed by atoms with Crippen molar-refractivity contribution in [3.05, 3.63) is 0 Å². The number of piperazine rings is 1. The average Bonchev–Trinajstić information content (AvgIpc) is 2.49. The second-order valence-electron chi connectivity index (χ2n) is 7.17. The van der Waals surface area contributed by atoms with Crippen LogP contribution in [0.2, 0.25) is 0 Å². The fourth-order valence-electron chi connectivity index (χ4n) is 3.60. The van der Waals surface area contributed by atoms with Crippen molar-refractivity contribution in [2.45, 2.75) is 51.8 Å². The van der Waals surface area contributed by atoms with E-state index in [1.165, 1.54) is 39.1 Å². The lowest BCUT2D eigenvalue weighted by Gasteiger charge is -2.38. The molecule has 0 saturated carbocycles. The first-order chi connectivity index (χ1) is 10.6. The molecular formula is C17H35N3O2. The fraction of sp³-hybridized carbons (Fsp3) is 1.00. The van der Waals surface area contributed by atoms with Crippen LogP contribution in [0.5, 0.6) is 0 Å². The van der Waals surface area contributed by atoms with Gasteiger partial charge >= 0.3 is 0 Å². The second-order valence-corrected chi connectivity index (χ2v) is 7.17. The van der Waals surface area contributed by atoms with E-state index in [1.54, 1.807) is 0 Å². The Hall–Kier alpha value is -0.200. The maximum Gasteiger partial charge on any atom is 0.0623 e. The van der Waals surface area contributed by atoms with Crippen LogP contribution >= 0.6 is 0 Å². The number of hydrogen-bond donors (Lipinski definition) is 1. The van der Waals surface area contributed by atoms with Gasteiger partial charge in [0.05, 0.1) is 19.3 Å². The van der Waals surface area contributed by atoms with Crippen LogP contribution in [0, 0.1) is 0 Å². The molecule has 2 saturated heterocycles. The summed E-state index contributed by atoms with van der Waals surface area (Å²) >= 11 is 0. The lowest BCUT2D eigenvalue weighted by Crippen LogP contribution is -2.50. The van der Waals surface area contributed by atoms with Gasteiger partial charge in [0.15, 0.2) is 0 Å². The highest BCUT2D eigenvalue weighted by molar-refractivity contribution is 4.78. The zero-order valence-electron chi connectivity index (χ0n) is 14.7. The Morgan fingerprint density at radius 1 is 1.05 bits per heavy atom. The predicted molar refractivity (Wildman–Crippen MR) is 90.2 cm³/mol. The molecule has 2 atom stereocenters. The summed E-state index contributed by atoms with van der Waals surface area (Å²) < 4.78 is 5.57. The molecule has 0 aromatic rings. The van der Waals surface area contributed by atoms with Gasteiger partial charge in [0.2, 0.25) is 0 Å². The van der Waals surface area contributed by atoms with Gasteiger partial charge in [-0.05, 0) is 46.7 Å². The van der Waals surface area contributed by atoms with E-state index in [9.17, 15) is 5.11 Å². The van der Waals surface area contributed by atoms with Crippen LogP contribution in [0.4, 0.5) is 0 Å². The molecule has 1 N–H and O–H groups in total. The number of hydrogen-bond acceptors (Lipinski definition) is 5. The van der Waals surface area contributed by atoms with Crippen LogP contribution in [0.15, 0.2) is 0 Å². The number of aliphatic hydroxyl groups excluding tert-OH is 1. The van der Waals surface area contributed by atoms with Crippen molar-refractivity contribution in [3.63, 3.8) is 0 Å². The molecule has 0 unspecified atom stereocenters. The molecule has 0 aliphatic carbocycles. The molecule has 2 rings (SSSR count). The summed E-state index contributed by atoms with van der Waals surface area (Å²) in [4.78, 5) is 7.68. The predicted octanol–water partition coefficient (Wildman–Crippen LogP) is 0.874. The van der Waals surface area contributed by atoms with Crippen LogP contribution in [-0.2, 0) is 4.74 Å². The smallest absolute Gasteiger partial charge is 0.0623 e. The zero-order chi connectivity index (χ0) is 15.9. The van der Waals surface area contributed by atoms with Gasteiger partial charge in [0, 0.05) is 44.8 Å². The first-order valence-corrected chi connectivity index (χ1v) is 9.02. The minimum absolute atomic E-state index is 0.238. The molecule has 2 aliphatic rings. The second kappa shape index (κ2) is 9.18. The molecule has 22 heavy (non-hydrogen) atoms. The standard InChI is InChI=1S/C17H35N3O2/c1-15(2)19-9-7-18(8-10-19)5-4-6-20-11-12-22-14-17(20)13-16(3)21/h15-17,21H,4-14H2,1-3H3/t16-,17+/m1/s1. The van der Waals surface area contributed by atoms with E-state index in [1.807, 2.05) is 6.92 Å². The van der Waals surface area contributed by atoms with Crippen LogP contribution in [0.3, 0.4) is 0 Å². The van der Waals surface area contributed by atoms with Crippen molar-refractivity contribution in [3.8, 4) is 0 Å². The highest BCUT2D eigenvalue weighted by atomic mass is 16.5. The van der Waals surface area contributed by atoms with Gasteiger partial charge in [0.1, 0.15) is 0 Å². The summed E-state index contributed by atoms with van der Waals surface area (Å²) in [6.07, 6.45) is 1.81. The number of rotatable bonds is 7. The quantitative estimate of drug-likeness (QED) is 0.755. The maximum absolute atomic E-state index is 9.63. The van der Waals surface area contributed by atoms with Gasteiger partial charge in [-0.15, -0.1) is 0 Å². The summed E-state index contributed by atoms with van der Waals surface area (Å²) in [5.74, 6) is 0. The summed E-state index contributed by atoms with van der Waals surface area (Å²) in [6, 6.07) is 1.07. The van der Waals surface area contributed by atoms with Gasteiger partial charge in [-0.2, -0.15) is 0 Å². The molecule has 5 heteroatoms. The number of nitrogens with zero attached hydrogens (tertiary/aromatic N) is 3. The maximum atomic E-state index is 9.63. The molecule has 2 aliphatic heterocycles. The van der Waals surface area contributed by atoms with Crippen LogP contribution in [-0.4, -0.2) is 97.0 Å². The summed E-state index contributed by atoms with van der Waals surface area (Å²) in [5, 5.41) is 9.63. The Balaban J connectivity index is 1.65. The molecular weight excluding hydrogens is 278 g/mol. The molecule has 2 fully saturated rings. The third kappa shape index (κ3) is 5.78. The van der Waals surface area contributed by atoms with E-state index < -0.39 is 0 Å². The van der Waals surface area contributed by atoms with Gasteiger partial charge in [-0.1, -0.05) is 0 Å². The van der Waals surface area contributed by atoms with Crippen molar-refractivity contribution in [2.24, 2.45) is 0 Å². The van der Waals surface area contributed by atoms with E-state index >= 15 is 0 Å². The Morgan fingerprint density at radius 2 is 1.77 bits per heavy atom. The first kappa shape index (κ1) is 18.1. The molecule has 0 radical (unpaired) electrons.